The fourth-order valence-electron chi connectivity index (χ4n) is 7.67. The highest BCUT2D eigenvalue weighted by Crippen LogP contribution is 2.26. The average molecular weight is 1060 g/mol. The van der Waals surface area contributed by atoms with Gasteiger partial charge in [0.15, 0.2) is 0 Å². The Kier molecular flexibility index (Phi) is 24.0. The second-order valence-electron chi connectivity index (χ2n) is 19.7. The van der Waals surface area contributed by atoms with E-state index in [1.54, 1.807) is 77.9 Å². The number of hydrogen-bond donors (Lipinski definition) is 5. The van der Waals surface area contributed by atoms with Crippen LogP contribution in [-0.4, -0.2) is 85.7 Å². The first kappa shape index (κ1) is 60.5. The highest BCUT2D eigenvalue weighted by Gasteiger charge is 2.26. The van der Waals surface area contributed by atoms with Crippen LogP contribution in [0.1, 0.15) is 122 Å². The molecule has 0 radical (unpaired) electrons. The number of benzene rings is 4. The van der Waals surface area contributed by atoms with E-state index in [0.717, 1.165) is 37.1 Å². The Morgan fingerprint density at radius 1 is 0.627 bits per heavy atom. The van der Waals surface area contributed by atoms with Crippen molar-refractivity contribution >= 4 is 36.3 Å². The molecule has 2 aliphatic heterocycles. The number of carboxylic acid groups (broad SMARTS) is 1. The van der Waals surface area contributed by atoms with Crippen LogP contribution in [0.3, 0.4) is 0 Å². The molecule has 404 valence electrons. The van der Waals surface area contributed by atoms with Gasteiger partial charge in [-0.25, -0.2) is 18.4 Å². The maximum Gasteiger partial charge on any atom is 0.407 e. The Balaban J connectivity index is 0.000000217. The molecular formula is C55H69ClF2N8O9. The maximum atomic E-state index is 13.7. The van der Waals surface area contributed by atoms with Gasteiger partial charge in [-0.15, -0.1) is 12.4 Å². The van der Waals surface area contributed by atoms with Gasteiger partial charge in [-0.05, 0) is 123 Å². The molecule has 0 spiro atoms. The van der Waals surface area contributed by atoms with Gasteiger partial charge in [0.1, 0.15) is 28.6 Å². The van der Waals surface area contributed by atoms with Crippen LogP contribution in [0.4, 0.5) is 18.4 Å². The van der Waals surface area contributed by atoms with E-state index in [0.29, 0.717) is 34.6 Å². The molecule has 2 aliphatic rings. The molecule has 2 amide bonds. The number of carbonyl (C=O) groups excluding carboxylic acids is 3. The number of nitrogens with zero attached hydrogens (tertiary/aromatic N) is 4. The largest absolute Gasteiger partial charge is 0.481 e. The van der Waals surface area contributed by atoms with E-state index >= 15 is 0 Å². The first-order chi connectivity index (χ1) is 35.2. The predicted molar refractivity (Wildman–Crippen MR) is 281 cm³/mol. The highest BCUT2D eigenvalue weighted by molar-refractivity contribution is 5.85. The lowest BCUT2D eigenvalue weighted by Gasteiger charge is -2.23. The number of aliphatic carboxylic acids is 1. The Labute approximate surface area is 442 Å². The molecule has 0 saturated carbocycles. The normalized spacial score (nSPS) is 15.6. The minimum Gasteiger partial charge on any atom is -0.481 e. The Morgan fingerprint density at radius 3 is 1.33 bits per heavy atom. The lowest BCUT2D eigenvalue weighted by molar-refractivity contribution is -0.137. The van der Waals surface area contributed by atoms with E-state index < -0.39 is 47.3 Å². The van der Waals surface area contributed by atoms with Gasteiger partial charge >= 0.3 is 18.2 Å². The summed E-state index contributed by atoms with van der Waals surface area (Å²) in [6.07, 6.45) is 3.33. The van der Waals surface area contributed by atoms with Gasteiger partial charge in [0.25, 0.3) is 0 Å². The molecular weight excluding hydrogens is 990 g/mol. The highest BCUT2D eigenvalue weighted by atomic mass is 35.5. The van der Waals surface area contributed by atoms with Crippen LogP contribution < -0.4 is 21.3 Å². The number of rotatable bonds is 14. The molecule has 0 bridgehead atoms. The molecule has 2 fully saturated rings. The molecule has 17 nitrogen and oxygen atoms in total. The average Bonchev–Trinajstić information content (AvgIpc) is 4.19. The van der Waals surface area contributed by atoms with Crippen molar-refractivity contribution in [2.24, 2.45) is 0 Å². The number of carboxylic acids is 1. The molecule has 0 aliphatic carbocycles. The van der Waals surface area contributed by atoms with Crippen LogP contribution in [0.15, 0.2) is 118 Å². The lowest BCUT2D eigenvalue weighted by atomic mass is 10.0. The van der Waals surface area contributed by atoms with E-state index in [9.17, 15) is 28.0 Å². The summed E-state index contributed by atoms with van der Waals surface area (Å²) in [4.78, 5) is 54.5. The zero-order valence-electron chi connectivity index (χ0n) is 43.4. The summed E-state index contributed by atoms with van der Waals surface area (Å²) < 4.78 is 48.1. The van der Waals surface area contributed by atoms with Crippen molar-refractivity contribution in [3.63, 3.8) is 0 Å². The van der Waals surface area contributed by atoms with Crippen LogP contribution >= 0.6 is 12.4 Å². The zero-order valence-corrected chi connectivity index (χ0v) is 44.3. The molecule has 2 aromatic heterocycles. The van der Waals surface area contributed by atoms with Gasteiger partial charge in [0.05, 0.1) is 18.5 Å². The Hall–Kier alpha value is -7.09. The summed E-state index contributed by atoms with van der Waals surface area (Å²) in [5, 5.41) is 28.7. The molecule has 5 N–H and O–H groups in total. The van der Waals surface area contributed by atoms with Gasteiger partial charge < -0.3 is 44.9 Å². The third kappa shape index (κ3) is 22.1. The molecule has 4 heterocycles. The van der Waals surface area contributed by atoms with Crippen molar-refractivity contribution in [1.29, 1.82) is 0 Å². The van der Waals surface area contributed by atoms with Crippen molar-refractivity contribution in [1.82, 2.24) is 41.5 Å². The van der Waals surface area contributed by atoms with Crippen molar-refractivity contribution in [3.8, 4) is 22.8 Å². The molecule has 8 rings (SSSR count). The summed E-state index contributed by atoms with van der Waals surface area (Å²) in [6, 6.07) is 31.4. The van der Waals surface area contributed by atoms with Crippen molar-refractivity contribution in [2.75, 3.05) is 13.1 Å². The van der Waals surface area contributed by atoms with Gasteiger partial charge in [-0.2, -0.15) is 9.97 Å². The number of carbonyl (C=O) groups is 4. The zero-order chi connectivity index (χ0) is 53.7. The lowest BCUT2D eigenvalue weighted by Crippen LogP contribution is -2.41. The smallest absolute Gasteiger partial charge is 0.407 e. The molecule has 4 aromatic carbocycles. The maximum absolute atomic E-state index is 13.7. The number of hydrogen-bond acceptors (Lipinski definition) is 14. The van der Waals surface area contributed by atoms with E-state index in [1.165, 1.54) is 31.9 Å². The van der Waals surface area contributed by atoms with E-state index in [4.69, 9.17) is 23.6 Å². The molecule has 4 atom stereocenters. The topological polar surface area (TPSA) is 233 Å². The third-order valence-electron chi connectivity index (χ3n) is 10.9. The number of halogens is 3. The quantitative estimate of drug-likeness (QED) is 0.0683. The number of alkyl carbamates (subject to hydrolysis) is 2. The third-order valence-corrected chi connectivity index (χ3v) is 10.9. The van der Waals surface area contributed by atoms with E-state index in [2.05, 4.69) is 41.5 Å². The minimum absolute atomic E-state index is 0. The molecule has 20 heteroatoms. The molecule has 2 saturated heterocycles. The molecule has 6 aromatic rings. The van der Waals surface area contributed by atoms with Crippen molar-refractivity contribution < 1.29 is 51.6 Å². The van der Waals surface area contributed by atoms with Crippen molar-refractivity contribution in [2.45, 2.75) is 135 Å². The van der Waals surface area contributed by atoms with Gasteiger partial charge in [-0.3, -0.25) is 9.59 Å². The van der Waals surface area contributed by atoms with Crippen LogP contribution in [0.5, 0.6) is 0 Å². The number of ketones is 1. The predicted octanol–water partition coefficient (Wildman–Crippen LogP) is 10.7. The fraction of sp³-hybridized carbons (Fsp3) is 0.418. The Bertz CT molecular complexity index is 2500. The number of Topliss-reactive ketones (excluding diaryl/α,β-unsaturated/α-hetero) is 1. The van der Waals surface area contributed by atoms with Crippen LogP contribution in [0.25, 0.3) is 22.8 Å². The van der Waals surface area contributed by atoms with Crippen LogP contribution in [-0.2, 0) is 31.9 Å². The first-order valence-corrected chi connectivity index (χ1v) is 24.6. The molecule has 0 unspecified atom stereocenters. The van der Waals surface area contributed by atoms with Gasteiger partial charge in [0, 0.05) is 29.6 Å². The van der Waals surface area contributed by atoms with E-state index in [1.807, 2.05) is 60.7 Å². The number of aromatic nitrogens is 4. The number of amides is 2. The van der Waals surface area contributed by atoms with Crippen LogP contribution in [0, 0.1) is 11.6 Å². The van der Waals surface area contributed by atoms with Gasteiger partial charge in [-0.1, -0.05) is 107 Å². The van der Waals surface area contributed by atoms with E-state index in [-0.39, 0.29) is 61.8 Å². The Morgan fingerprint density at radius 2 is 1.00 bits per heavy atom. The second-order valence-corrected chi connectivity index (χ2v) is 19.7. The van der Waals surface area contributed by atoms with Crippen molar-refractivity contribution in [3.05, 3.63) is 144 Å². The summed E-state index contributed by atoms with van der Waals surface area (Å²) in [6.45, 7) is 13.9. The summed E-state index contributed by atoms with van der Waals surface area (Å²) in [7, 11) is 0. The second kappa shape index (κ2) is 29.7. The number of nitrogens with one attached hydrogen (secondary N) is 4. The standard InChI is InChI=1S/C16H22FNO3.C15H20FNO4.2C12H13N3O.ClH/c1-11(19)9-13(18-15(20)21-16(2,3)4)10-12-7-5-6-8-14(12)17;1-15(2,3)21-14(20)17-11(9-13(18)19)8-10-6-4-5-7-12(10)16;2*1-2-5-9(6-3-1)11-14-12(16-15-11)10-7-4-8-13-10;/h5-8,13H,9-10H2,1-4H3,(H,18,20);4-7,11H,8-9H2,1-3H3,(H,17,20)(H,18,19);2*1-3,5-6,10,13H,4,7-8H2;1H/t13-;11-;2*10-;/m0100./s1. The SMILES string of the molecule is CC(=O)C[C@@H](Cc1ccccc1F)NC(=O)OC(C)(C)C.CC(C)(C)OC(=O)N[C@@H](CC(=O)O)Cc1ccccc1F.Cl.c1ccc(-c2noc([C@@H]3CCCN3)n2)cc1.c1ccc(-c2noc([C@@H]3CCCN3)n2)cc1. The fourth-order valence-corrected chi connectivity index (χ4v) is 7.67. The molecule has 75 heavy (non-hydrogen) atoms. The minimum atomic E-state index is -1.08. The van der Waals surface area contributed by atoms with Crippen LogP contribution in [0.2, 0.25) is 0 Å². The summed E-state index contributed by atoms with van der Waals surface area (Å²) in [5.74, 6) is 0.817. The summed E-state index contributed by atoms with van der Waals surface area (Å²) >= 11 is 0. The number of ether oxygens (including phenoxy) is 2. The summed E-state index contributed by atoms with van der Waals surface area (Å²) in [5.41, 5.74) is 1.49. The monoisotopic (exact) mass is 1060 g/mol. The van der Waals surface area contributed by atoms with Gasteiger partial charge in [0.2, 0.25) is 23.4 Å². The first-order valence-electron chi connectivity index (χ1n) is 24.6.